The molecule has 3 rings (SSSR count). The minimum absolute atomic E-state index is 0.185. The molecule has 1 aromatic carbocycles. The molecule has 8 nitrogen and oxygen atoms in total. The van der Waals surface area contributed by atoms with E-state index >= 15 is 0 Å². The van der Waals surface area contributed by atoms with E-state index in [1.807, 2.05) is 24.3 Å². The maximum absolute atomic E-state index is 11.8. The van der Waals surface area contributed by atoms with Gasteiger partial charge in [-0.3, -0.25) is 14.7 Å². The minimum atomic E-state index is -0.924. The van der Waals surface area contributed by atoms with Crippen LogP contribution in [-0.4, -0.2) is 39.3 Å². The summed E-state index contributed by atoms with van der Waals surface area (Å²) in [4.78, 5) is 26.8. The molecule has 1 saturated carbocycles. The zero-order valence-electron chi connectivity index (χ0n) is 12.4. The summed E-state index contributed by atoms with van der Waals surface area (Å²) in [6.45, 7) is 0.185. The number of ether oxygens (including phenoxy) is 1. The van der Waals surface area contributed by atoms with E-state index in [0.717, 1.165) is 11.3 Å². The third-order valence-corrected chi connectivity index (χ3v) is 3.75. The van der Waals surface area contributed by atoms with Crippen LogP contribution in [0.4, 0.5) is 0 Å². The number of hydrogen-bond acceptors (Lipinski definition) is 5. The van der Waals surface area contributed by atoms with Crippen molar-refractivity contribution in [2.75, 3.05) is 7.11 Å². The van der Waals surface area contributed by atoms with Crippen LogP contribution in [0.2, 0.25) is 0 Å². The van der Waals surface area contributed by atoms with Crippen LogP contribution in [0.3, 0.4) is 0 Å². The van der Waals surface area contributed by atoms with Gasteiger partial charge in [-0.15, -0.1) is 0 Å². The number of benzene rings is 1. The van der Waals surface area contributed by atoms with E-state index in [2.05, 4.69) is 20.5 Å². The molecule has 2 atom stereocenters. The Morgan fingerprint density at radius 1 is 1.35 bits per heavy atom. The Hall–Kier alpha value is -2.90. The number of aliphatic carboxylic acids is 1. The van der Waals surface area contributed by atoms with Crippen molar-refractivity contribution >= 4 is 11.9 Å². The third-order valence-electron chi connectivity index (χ3n) is 3.75. The summed E-state index contributed by atoms with van der Waals surface area (Å²) >= 11 is 0. The zero-order chi connectivity index (χ0) is 16.4. The molecule has 0 saturated heterocycles. The standard InChI is InChI=1S/C15H16N4O4/c1-23-9-4-2-8(3-5-9)13-17-12(18-19-13)7-16-14(20)10-6-11(10)15(21)22/h2-5,10-11H,6-7H2,1H3,(H,16,20)(H,21,22)(H,17,18,19)/t10-,11-/m0/s1. The lowest BCUT2D eigenvalue weighted by molar-refractivity contribution is -0.140. The van der Waals surface area contributed by atoms with Gasteiger partial charge in [0.2, 0.25) is 5.91 Å². The van der Waals surface area contributed by atoms with Gasteiger partial charge >= 0.3 is 5.97 Å². The van der Waals surface area contributed by atoms with Crippen LogP contribution in [0.5, 0.6) is 5.75 Å². The maximum atomic E-state index is 11.8. The Labute approximate surface area is 131 Å². The second-order valence-electron chi connectivity index (χ2n) is 5.34. The molecule has 0 bridgehead atoms. The number of aromatic nitrogens is 3. The number of hydrogen-bond donors (Lipinski definition) is 3. The molecule has 2 aromatic rings. The van der Waals surface area contributed by atoms with Crippen molar-refractivity contribution in [3.05, 3.63) is 30.1 Å². The van der Waals surface area contributed by atoms with Crippen LogP contribution in [0, 0.1) is 11.8 Å². The SMILES string of the molecule is COc1ccc(-c2n[nH]c(CNC(=O)[C@H]3C[C@@H]3C(=O)O)n2)cc1. The average Bonchev–Trinajstić information content (AvgIpc) is 3.24. The summed E-state index contributed by atoms with van der Waals surface area (Å²) in [6.07, 6.45) is 0.397. The predicted molar refractivity (Wildman–Crippen MR) is 79.5 cm³/mol. The van der Waals surface area contributed by atoms with Crippen LogP contribution in [0.15, 0.2) is 24.3 Å². The van der Waals surface area contributed by atoms with E-state index in [0.29, 0.717) is 18.1 Å². The van der Waals surface area contributed by atoms with Gasteiger partial charge < -0.3 is 15.2 Å². The second-order valence-corrected chi connectivity index (χ2v) is 5.34. The summed E-state index contributed by atoms with van der Waals surface area (Å²) in [6, 6.07) is 7.30. The Morgan fingerprint density at radius 3 is 2.70 bits per heavy atom. The summed E-state index contributed by atoms with van der Waals surface area (Å²) in [5.41, 5.74) is 0.827. The molecule has 3 N–H and O–H groups in total. The number of nitrogens with zero attached hydrogens (tertiary/aromatic N) is 2. The van der Waals surface area contributed by atoms with Crippen molar-refractivity contribution in [3.8, 4) is 17.1 Å². The van der Waals surface area contributed by atoms with Gasteiger partial charge in [0, 0.05) is 5.56 Å². The molecule has 1 aromatic heterocycles. The van der Waals surface area contributed by atoms with Crippen molar-refractivity contribution in [1.29, 1.82) is 0 Å². The Bertz CT molecular complexity index is 725. The molecule has 23 heavy (non-hydrogen) atoms. The van der Waals surface area contributed by atoms with Gasteiger partial charge in [-0.1, -0.05) is 0 Å². The molecule has 0 radical (unpaired) electrons. The van der Waals surface area contributed by atoms with Gasteiger partial charge in [0.15, 0.2) is 5.82 Å². The van der Waals surface area contributed by atoms with Gasteiger partial charge in [-0.25, -0.2) is 4.98 Å². The molecule has 1 amide bonds. The van der Waals surface area contributed by atoms with Crippen molar-refractivity contribution in [3.63, 3.8) is 0 Å². The molecule has 0 aliphatic heterocycles. The van der Waals surface area contributed by atoms with E-state index in [-0.39, 0.29) is 12.5 Å². The summed E-state index contributed by atoms with van der Waals surface area (Å²) < 4.78 is 5.09. The zero-order valence-corrected chi connectivity index (χ0v) is 12.4. The first kappa shape index (κ1) is 15.0. The van der Waals surface area contributed by atoms with E-state index < -0.39 is 17.8 Å². The average molecular weight is 316 g/mol. The van der Waals surface area contributed by atoms with Crippen LogP contribution < -0.4 is 10.1 Å². The lowest BCUT2D eigenvalue weighted by Gasteiger charge is -2.01. The maximum Gasteiger partial charge on any atom is 0.307 e. The number of carboxylic acid groups (broad SMARTS) is 1. The van der Waals surface area contributed by atoms with Gasteiger partial charge in [0.25, 0.3) is 0 Å². The Kier molecular flexibility index (Phi) is 3.96. The topological polar surface area (TPSA) is 117 Å². The van der Waals surface area contributed by atoms with Crippen molar-refractivity contribution in [1.82, 2.24) is 20.5 Å². The number of rotatable bonds is 6. The number of aromatic amines is 1. The highest BCUT2D eigenvalue weighted by molar-refractivity contribution is 5.89. The molecule has 120 valence electrons. The first-order valence-electron chi connectivity index (χ1n) is 7.14. The first-order chi connectivity index (χ1) is 11.1. The van der Waals surface area contributed by atoms with Crippen molar-refractivity contribution < 1.29 is 19.4 Å². The highest BCUT2D eigenvalue weighted by Gasteiger charge is 2.48. The molecule has 1 aliphatic carbocycles. The molecule has 8 heteroatoms. The molecule has 1 aliphatic rings. The molecule has 1 fully saturated rings. The quantitative estimate of drug-likeness (QED) is 0.726. The number of amides is 1. The lowest BCUT2D eigenvalue weighted by atomic mass is 10.2. The number of methoxy groups -OCH3 is 1. The highest BCUT2D eigenvalue weighted by atomic mass is 16.5. The van der Waals surface area contributed by atoms with Crippen LogP contribution in [0.1, 0.15) is 12.2 Å². The fourth-order valence-electron chi connectivity index (χ4n) is 2.30. The fourth-order valence-corrected chi connectivity index (χ4v) is 2.30. The van der Waals surface area contributed by atoms with E-state index in [4.69, 9.17) is 9.84 Å². The van der Waals surface area contributed by atoms with Gasteiger partial charge in [-0.05, 0) is 30.7 Å². The van der Waals surface area contributed by atoms with Gasteiger partial charge in [0.05, 0.1) is 25.5 Å². The Balaban J connectivity index is 1.57. The van der Waals surface area contributed by atoms with Crippen molar-refractivity contribution in [2.45, 2.75) is 13.0 Å². The lowest BCUT2D eigenvalue weighted by Crippen LogP contribution is -2.26. The minimum Gasteiger partial charge on any atom is -0.497 e. The number of nitrogens with one attached hydrogen (secondary N) is 2. The van der Waals surface area contributed by atoms with Crippen LogP contribution in [-0.2, 0) is 16.1 Å². The molecule has 1 heterocycles. The summed E-state index contributed by atoms with van der Waals surface area (Å²) in [5, 5.41) is 18.3. The summed E-state index contributed by atoms with van der Waals surface area (Å²) in [7, 11) is 1.59. The first-order valence-corrected chi connectivity index (χ1v) is 7.14. The number of H-pyrrole nitrogens is 1. The third kappa shape index (κ3) is 3.31. The highest BCUT2D eigenvalue weighted by Crippen LogP contribution is 2.38. The van der Waals surface area contributed by atoms with Gasteiger partial charge in [0.1, 0.15) is 11.6 Å². The fraction of sp³-hybridized carbons (Fsp3) is 0.333. The van der Waals surface area contributed by atoms with Crippen LogP contribution >= 0.6 is 0 Å². The smallest absolute Gasteiger partial charge is 0.307 e. The largest absolute Gasteiger partial charge is 0.497 e. The molecular weight excluding hydrogens is 300 g/mol. The normalized spacial score (nSPS) is 19.2. The molecule has 0 unspecified atom stereocenters. The van der Waals surface area contributed by atoms with Crippen LogP contribution in [0.25, 0.3) is 11.4 Å². The predicted octanol–water partition coefficient (Wildman–Crippen LogP) is 0.817. The number of carboxylic acids is 1. The number of carbonyl (C=O) groups is 2. The van der Waals surface area contributed by atoms with E-state index in [9.17, 15) is 9.59 Å². The number of carbonyl (C=O) groups excluding carboxylic acids is 1. The van der Waals surface area contributed by atoms with E-state index in [1.54, 1.807) is 7.11 Å². The van der Waals surface area contributed by atoms with Crippen molar-refractivity contribution in [2.24, 2.45) is 11.8 Å². The molecular formula is C15H16N4O4. The molecule has 0 spiro atoms. The Morgan fingerprint density at radius 2 is 2.09 bits per heavy atom. The summed E-state index contributed by atoms with van der Waals surface area (Å²) in [5.74, 6) is -0.403. The second kappa shape index (κ2) is 6.07. The van der Waals surface area contributed by atoms with Gasteiger partial charge in [-0.2, -0.15) is 5.10 Å². The monoisotopic (exact) mass is 316 g/mol. The van der Waals surface area contributed by atoms with E-state index in [1.165, 1.54) is 0 Å².